The Morgan fingerprint density at radius 2 is 1.16 bits per heavy atom. The Hall–Kier alpha value is -3.37. The van der Waals surface area contributed by atoms with E-state index in [0.717, 1.165) is 27.8 Å². The van der Waals surface area contributed by atoms with Gasteiger partial charge in [0.1, 0.15) is 0 Å². The first-order chi connectivity index (χ1) is 16.6. The highest BCUT2D eigenvalue weighted by Crippen LogP contribution is 2.30. The summed E-state index contributed by atoms with van der Waals surface area (Å²) in [5.41, 5.74) is -0.824. The normalized spacial score (nSPS) is 10.3. The SMILES string of the molecule is C.CCOC(=O)C(C)(F)F.CCOC(=O)C(F)(F)c1ccc([N+](=O)[O-])cc1.O=[N+]([O-])c1ccc(I)cc1. The van der Waals surface area contributed by atoms with Gasteiger partial charge in [-0.25, -0.2) is 9.59 Å². The van der Waals surface area contributed by atoms with Crippen molar-refractivity contribution in [1.82, 2.24) is 0 Å². The highest BCUT2D eigenvalue weighted by atomic mass is 127. The van der Waals surface area contributed by atoms with Crippen LogP contribution in [0.1, 0.15) is 33.8 Å². The Morgan fingerprint density at radius 1 is 0.811 bits per heavy atom. The number of carbonyl (C=O) groups is 2. The summed E-state index contributed by atoms with van der Waals surface area (Å²) in [5, 5.41) is 20.4. The van der Waals surface area contributed by atoms with Gasteiger partial charge in [0.15, 0.2) is 0 Å². The number of esters is 2. The molecule has 206 valence electrons. The fraction of sp³-hybridized carbons (Fsp3) is 0.364. The molecule has 0 fully saturated rings. The lowest BCUT2D eigenvalue weighted by Gasteiger charge is -2.14. The molecule has 0 atom stereocenters. The summed E-state index contributed by atoms with van der Waals surface area (Å²) in [7, 11) is 0. The molecule has 0 saturated heterocycles. The molecule has 0 heterocycles. The van der Waals surface area contributed by atoms with Crippen LogP contribution < -0.4 is 0 Å². The molecule has 0 aliphatic carbocycles. The standard InChI is InChI=1S/C10H9F2NO4.C6H4INO2.C5H8F2O2.CH4/c1-2-17-9(14)10(11,12)7-3-5-8(6-4-7)13(15)16;7-5-1-3-6(4-2-5)8(9)10;1-3-9-4(8)5(2,6)7;/h3-6H,2H2,1H3;1-4H;3H2,1-2H3;1H4. The maximum atomic E-state index is 13.4. The summed E-state index contributed by atoms with van der Waals surface area (Å²) >= 11 is 2.10. The number of nitrogens with zero attached hydrogens (tertiary/aromatic N) is 2. The Kier molecular flexibility index (Phi) is 15.9. The van der Waals surface area contributed by atoms with Gasteiger partial charge in [0, 0.05) is 40.3 Å². The van der Waals surface area contributed by atoms with Crippen molar-refractivity contribution in [3.63, 3.8) is 0 Å². The number of hydrogen-bond donors (Lipinski definition) is 0. The Balaban J connectivity index is 0. The van der Waals surface area contributed by atoms with Gasteiger partial charge >= 0.3 is 23.8 Å². The molecule has 0 radical (unpaired) electrons. The number of carbonyl (C=O) groups excluding carboxylic acids is 2. The van der Waals surface area contributed by atoms with Gasteiger partial charge in [0.2, 0.25) is 0 Å². The molecule has 0 aromatic heterocycles. The number of hydrogen-bond acceptors (Lipinski definition) is 8. The first-order valence-electron chi connectivity index (χ1n) is 9.82. The van der Waals surface area contributed by atoms with Crippen LogP contribution in [0.5, 0.6) is 0 Å². The molecule has 2 aromatic carbocycles. The average Bonchev–Trinajstić information content (AvgIpc) is 2.80. The third-order valence-electron chi connectivity index (χ3n) is 3.64. The molecule has 10 nitrogen and oxygen atoms in total. The molecule has 0 bridgehead atoms. The largest absolute Gasteiger partial charge is 0.462 e. The van der Waals surface area contributed by atoms with Gasteiger partial charge < -0.3 is 9.47 Å². The second-order valence-corrected chi connectivity index (χ2v) is 7.69. The van der Waals surface area contributed by atoms with Crippen molar-refractivity contribution in [2.75, 3.05) is 13.2 Å². The molecule has 2 rings (SSSR count). The number of non-ortho nitro benzene ring substituents is 2. The predicted molar refractivity (Wildman–Crippen MR) is 133 cm³/mol. The minimum absolute atomic E-state index is 0. The summed E-state index contributed by atoms with van der Waals surface area (Å²) in [4.78, 5) is 40.4. The number of ether oxygens (including phenoxy) is 2. The summed E-state index contributed by atoms with van der Waals surface area (Å²) in [6, 6.07) is 9.86. The van der Waals surface area contributed by atoms with Crippen LogP contribution in [0.2, 0.25) is 0 Å². The molecule has 0 aliphatic rings. The van der Waals surface area contributed by atoms with E-state index in [-0.39, 0.29) is 32.0 Å². The summed E-state index contributed by atoms with van der Waals surface area (Å²) in [6.45, 7) is 3.21. The molecule has 0 aliphatic heterocycles. The molecule has 0 spiro atoms. The topological polar surface area (TPSA) is 139 Å². The third kappa shape index (κ3) is 12.9. The van der Waals surface area contributed by atoms with Crippen LogP contribution in [0.3, 0.4) is 0 Å². The number of rotatable bonds is 7. The molecular formula is C22H25F4IN2O8. The molecule has 15 heteroatoms. The second kappa shape index (κ2) is 16.4. The van der Waals surface area contributed by atoms with Crippen molar-refractivity contribution in [3.8, 4) is 0 Å². The van der Waals surface area contributed by atoms with Gasteiger partial charge in [0.05, 0.1) is 23.1 Å². The average molecular weight is 648 g/mol. The van der Waals surface area contributed by atoms with Crippen LogP contribution in [-0.2, 0) is 25.0 Å². The monoisotopic (exact) mass is 648 g/mol. The minimum Gasteiger partial charge on any atom is -0.462 e. The van der Waals surface area contributed by atoms with Crippen LogP contribution >= 0.6 is 22.6 Å². The number of halogens is 5. The van der Waals surface area contributed by atoms with Gasteiger partial charge in [-0.15, -0.1) is 0 Å². The Labute approximate surface area is 223 Å². The van der Waals surface area contributed by atoms with E-state index in [4.69, 9.17) is 0 Å². The maximum absolute atomic E-state index is 13.4. The van der Waals surface area contributed by atoms with Crippen molar-refractivity contribution in [3.05, 3.63) is 77.9 Å². The molecule has 37 heavy (non-hydrogen) atoms. The number of alkyl halides is 4. The lowest BCUT2D eigenvalue weighted by Crippen LogP contribution is -2.28. The third-order valence-corrected chi connectivity index (χ3v) is 4.36. The van der Waals surface area contributed by atoms with Gasteiger partial charge in [-0.05, 0) is 60.7 Å². The highest BCUT2D eigenvalue weighted by molar-refractivity contribution is 14.1. The van der Waals surface area contributed by atoms with E-state index in [1.54, 1.807) is 12.1 Å². The van der Waals surface area contributed by atoms with E-state index >= 15 is 0 Å². The predicted octanol–water partition coefficient (Wildman–Crippen LogP) is 6.29. The zero-order valence-corrected chi connectivity index (χ0v) is 21.2. The fourth-order valence-corrected chi connectivity index (χ4v) is 2.31. The molecule has 0 saturated carbocycles. The van der Waals surface area contributed by atoms with Crippen molar-refractivity contribution < 1.29 is 46.5 Å². The van der Waals surface area contributed by atoms with Crippen LogP contribution in [0.4, 0.5) is 28.9 Å². The van der Waals surface area contributed by atoms with Crippen LogP contribution in [-0.4, -0.2) is 40.9 Å². The lowest BCUT2D eigenvalue weighted by atomic mass is 10.1. The zero-order chi connectivity index (χ0) is 28.1. The van der Waals surface area contributed by atoms with Gasteiger partial charge in [-0.1, -0.05) is 7.43 Å². The van der Waals surface area contributed by atoms with E-state index in [9.17, 15) is 47.4 Å². The Morgan fingerprint density at radius 3 is 1.46 bits per heavy atom. The van der Waals surface area contributed by atoms with E-state index in [0.29, 0.717) is 6.92 Å². The number of nitro benzene ring substituents is 2. The zero-order valence-electron chi connectivity index (χ0n) is 19.1. The quantitative estimate of drug-likeness (QED) is 0.112. The van der Waals surface area contributed by atoms with Crippen molar-refractivity contribution >= 4 is 45.9 Å². The molecular weight excluding hydrogens is 623 g/mol. The molecule has 0 amide bonds. The van der Waals surface area contributed by atoms with Gasteiger partial charge in [-0.2, -0.15) is 17.6 Å². The highest BCUT2D eigenvalue weighted by Gasteiger charge is 2.42. The van der Waals surface area contributed by atoms with Crippen molar-refractivity contribution in [2.45, 2.75) is 40.0 Å². The second-order valence-electron chi connectivity index (χ2n) is 6.44. The molecule has 0 N–H and O–H groups in total. The molecule has 0 unspecified atom stereocenters. The smallest absolute Gasteiger partial charge is 0.381 e. The summed E-state index contributed by atoms with van der Waals surface area (Å²) in [5.74, 6) is -10.3. The first kappa shape index (κ1) is 35.8. The van der Waals surface area contributed by atoms with Gasteiger partial charge in [0.25, 0.3) is 11.4 Å². The molecule has 2 aromatic rings. The van der Waals surface area contributed by atoms with Crippen LogP contribution in [0, 0.1) is 23.8 Å². The number of nitro groups is 2. The lowest BCUT2D eigenvalue weighted by molar-refractivity contribution is -0.385. The fourth-order valence-electron chi connectivity index (χ4n) is 1.95. The van der Waals surface area contributed by atoms with E-state index < -0.39 is 39.2 Å². The number of benzene rings is 2. The van der Waals surface area contributed by atoms with Crippen LogP contribution in [0.25, 0.3) is 0 Å². The Bertz CT molecular complexity index is 1030. The van der Waals surface area contributed by atoms with E-state index in [1.807, 2.05) is 0 Å². The van der Waals surface area contributed by atoms with Crippen molar-refractivity contribution in [2.24, 2.45) is 0 Å². The minimum atomic E-state index is -3.80. The summed E-state index contributed by atoms with van der Waals surface area (Å²) < 4.78 is 59.7. The summed E-state index contributed by atoms with van der Waals surface area (Å²) in [6.07, 6.45) is 0. The first-order valence-corrected chi connectivity index (χ1v) is 10.9. The van der Waals surface area contributed by atoms with E-state index in [2.05, 4.69) is 32.1 Å². The maximum Gasteiger partial charge on any atom is 0.381 e. The van der Waals surface area contributed by atoms with Crippen LogP contribution in [0.15, 0.2) is 48.5 Å². The van der Waals surface area contributed by atoms with E-state index in [1.165, 1.54) is 26.0 Å². The van der Waals surface area contributed by atoms with Gasteiger partial charge in [-0.3, -0.25) is 20.2 Å². The van der Waals surface area contributed by atoms with Crippen molar-refractivity contribution in [1.29, 1.82) is 0 Å².